The number of benzene rings is 3. The molecular weight excluding hydrogens is 738 g/mol. The first-order valence-electron chi connectivity index (χ1n) is 13.1. The van der Waals surface area contributed by atoms with Crippen LogP contribution in [0.1, 0.15) is 0 Å². The van der Waals surface area contributed by atoms with Crippen LogP contribution in [0.5, 0.6) is 0 Å². The number of hydrogen-bond donors (Lipinski definition) is 8. The molecule has 3 aromatic carbocycles. The Kier molecular flexibility index (Phi) is 11.3. The van der Waals surface area contributed by atoms with E-state index in [-0.39, 0.29) is 60.6 Å². The number of rotatable bonds is 14. The highest BCUT2D eigenvalue weighted by atomic mass is 35.5. The van der Waals surface area contributed by atoms with E-state index in [1.807, 2.05) is 0 Å². The summed E-state index contributed by atoms with van der Waals surface area (Å²) in [5, 5.41) is 23.3. The van der Waals surface area contributed by atoms with Crippen LogP contribution in [0, 0.1) is 0 Å². The van der Waals surface area contributed by atoms with Crippen molar-refractivity contribution in [3.05, 3.63) is 47.7 Å². The number of nitrogens with one attached hydrogen (secondary N) is 3. The second-order valence-electron chi connectivity index (χ2n) is 9.45. The Hall–Kier alpha value is -4.66. The number of ether oxygens (including phenoxy) is 1. The third kappa shape index (κ3) is 9.94. The Bertz CT molecular complexity index is 2290. The van der Waals surface area contributed by atoms with E-state index in [0.29, 0.717) is 18.2 Å². The van der Waals surface area contributed by atoms with Crippen molar-refractivity contribution in [3.63, 3.8) is 0 Å². The Morgan fingerprint density at radius 2 is 1.51 bits per heavy atom. The number of urea groups is 1. The van der Waals surface area contributed by atoms with Crippen LogP contribution >= 0.6 is 11.6 Å². The largest absolute Gasteiger partial charge is 0.394 e. The molecule has 1 heterocycles. The first kappa shape index (κ1) is 37.2. The summed E-state index contributed by atoms with van der Waals surface area (Å²) in [4.78, 5) is 20.8. The van der Waals surface area contributed by atoms with Gasteiger partial charge in [0.05, 0.1) is 30.4 Å². The van der Waals surface area contributed by atoms with E-state index in [1.54, 1.807) is 0 Å². The summed E-state index contributed by atoms with van der Waals surface area (Å²) >= 11 is 5.99. The average molecular weight is 762 g/mol. The van der Waals surface area contributed by atoms with Crippen LogP contribution in [-0.2, 0) is 35.1 Å². The lowest BCUT2D eigenvalue weighted by Crippen LogP contribution is -2.19. The van der Waals surface area contributed by atoms with Gasteiger partial charge in [-0.25, -0.2) is 4.79 Å². The van der Waals surface area contributed by atoms with Gasteiger partial charge >= 0.3 is 6.03 Å². The van der Waals surface area contributed by atoms with Gasteiger partial charge in [0.2, 0.25) is 17.2 Å². The maximum absolute atomic E-state index is 12.2. The molecule has 0 saturated heterocycles. The molecule has 0 saturated carbocycles. The SMILES string of the molecule is NC(=O)Nc1cc(Nc2nc(Cl)nc(NCCOCCO)n2)ccc1N=Nc1cc2c(S(=O)(=O)O)cc(S(=O)(=O)O)cc2cc1S(=O)(=O)O. The lowest BCUT2D eigenvalue weighted by molar-refractivity contribution is 0.0991. The van der Waals surface area contributed by atoms with Crippen LogP contribution in [0.25, 0.3) is 10.8 Å². The summed E-state index contributed by atoms with van der Waals surface area (Å²) in [7, 11) is -15.4. The van der Waals surface area contributed by atoms with Gasteiger partial charge in [-0.3, -0.25) is 13.7 Å². The topological polar surface area (TPSA) is 335 Å². The van der Waals surface area contributed by atoms with Gasteiger partial charge in [0.25, 0.3) is 30.4 Å². The van der Waals surface area contributed by atoms with Gasteiger partial charge in [-0.05, 0) is 59.5 Å². The molecule has 2 amide bonds. The van der Waals surface area contributed by atoms with Crippen molar-refractivity contribution in [1.82, 2.24) is 15.0 Å². The van der Waals surface area contributed by atoms with Gasteiger partial charge in [0.1, 0.15) is 21.2 Å². The van der Waals surface area contributed by atoms with Crippen LogP contribution in [0.3, 0.4) is 0 Å². The highest BCUT2D eigenvalue weighted by Gasteiger charge is 2.24. The zero-order valence-electron chi connectivity index (χ0n) is 24.3. The van der Waals surface area contributed by atoms with E-state index in [9.17, 15) is 43.7 Å². The van der Waals surface area contributed by atoms with Crippen molar-refractivity contribution in [1.29, 1.82) is 0 Å². The van der Waals surface area contributed by atoms with E-state index in [4.69, 9.17) is 27.2 Å². The molecule has 4 aromatic rings. The summed E-state index contributed by atoms with van der Waals surface area (Å²) in [6, 6.07) is 5.44. The van der Waals surface area contributed by atoms with Gasteiger partial charge in [-0.1, -0.05) is 0 Å². The van der Waals surface area contributed by atoms with Crippen molar-refractivity contribution in [2.75, 3.05) is 42.3 Å². The van der Waals surface area contributed by atoms with E-state index in [0.717, 1.165) is 6.07 Å². The highest BCUT2D eigenvalue weighted by Crippen LogP contribution is 2.37. The third-order valence-corrected chi connectivity index (χ3v) is 8.75. The number of carbonyl (C=O) groups is 1. The summed E-state index contributed by atoms with van der Waals surface area (Å²) in [5.74, 6) is 0.0336. The van der Waals surface area contributed by atoms with Crippen molar-refractivity contribution in [2.24, 2.45) is 16.0 Å². The number of hydrogen-bond acceptors (Lipinski definition) is 16. The number of aromatic nitrogens is 3. The fourth-order valence-corrected chi connectivity index (χ4v) is 6.17. The molecule has 0 aliphatic heterocycles. The predicted octanol–water partition coefficient (Wildman–Crippen LogP) is 2.49. The Labute approximate surface area is 281 Å². The average Bonchev–Trinajstić information content (AvgIpc) is 2.97. The highest BCUT2D eigenvalue weighted by molar-refractivity contribution is 7.87. The molecule has 0 fully saturated rings. The quantitative estimate of drug-likeness (QED) is 0.0519. The number of azo groups is 1. The van der Waals surface area contributed by atoms with E-state index < -0.39 is 67.5 Å². The predicted molar refractivity (Wildman–Crippen MR) is 172 cm³/mol. The lowest BCUT2D eigenvalue weighted by atomic mass is 10.1. The lowest BCUT2D eigenvalue weighted by Gasteiger charge is -2.12. The molecular formula is C24H24ClN9O12S3. The van der Waals surface area contributed by atoms with Crippen LogP contribution < -0.4 is 21.7 Å². The second-order valence-corrected chi connectivity index (χ2v) is 14.0. The van der Waals surface area contributed by atoms with Gasteiger partial charge < -0.3 is 31.5 Å². The molecule has 1 aromatic heterocycles. The number of halogens is 1. The van der Waals surface area contributed by atoms with Crippen molar-refractivity contribution in [2.45, 2.75) is 14.7 Å². The number of fused-ring (bicyclic) bond motifs is 1. The number of nitrogens with zero attached hydrogens (tertiary/aromatic N) is 5. The molecule has 0 bridgehead atoms. The maximum Gasteiger partial charge on any atom is 0.316 e. The third-order valence-electron chi connectivity index (χ3n) is 5.97. The summed E-state index contributed by atoms with van der Waals surface area (Å²) in [6.45, 7) is 0.495. The number of carbonyl (C=O) groups excluding carboxylic acids is 1. The molecule has 49 heavy (non-hydrogen) atoms. The number of nitrogens with two attached hydrogens (primary N) is 1. The van der Waals surface area contributed by atoms with Gasteiger partial charge in [0, 0.05) is 17.6 Å². The van der Waals surface area contributed by atoms with Crippen LogP contribution in [-0.4, -0.2) is 91.4 Å². The van der Waals surface area contributed by atoms with Crippen LogP contribution in [0.2, 0.25) is 5.28 Å². The molecule has 21 nitrogen and oxygen atoms in total. The first-order chi connectivity index (χ1) is 22.8. The van der Waals surface area contributed by atoms with E-state index in [2.05, 4.69) is 41.1 Å². The fourth-order valence-electron chi connectivity index (χ4n) is 4.02. The zero-order chi connectivity index (χ0) is 36.1. The standard InChI is InChI=1S/C24H24ClN9O12S3/c25-21-30-23(27-3-5-46-6-4-35)32-24(31-21)28-13-1-2-16(17(9-13)29-22(26)36)33-34-18-11-15-12(8-20(18)49(43,44)45)7-14(47(37,38)39)10-19(15)48(40,41)42/h1-2,7-11,35H,3-6H2,(H3,26,29,36)(H,37,38,39)(H,40,41,42)(H,43,44,45)(H2,27,28,30,31,32). The van der Waals surface area contributed by atoms with Gasteiger partial charge in [-0.15, -0.1) is 10.2 Å². The summed E-state index contributed by atoms with van der Waals surface area (Å²) in [5.41, 5.74) is 4.58. The van der Waals surface area contributed by atoms with Gasteiger partial charge in [-0.2, -0.15) is 40.2 Å². The molecule has 262 valence electrons. The molecule has 25 heteroatoms. The molecule has 0 atom stereocenters. The smallest absolute Gasteiger partial charge is 0.316 e. The molecule has 9 N–H and O–H groups in total. The minimum atomic E-state index is -5.18. The number of aliphatic hydroxyl groups is 1. The molecule has 0 radical (unpaired) electrons. The van der Waals surface area contributed by atoms with Crippen molar-refractivity contribution < 1.29 is 53.5 Å². The number of amides is 2. The minimum Gasteiger partial charge on any atom is -0.394 e. The summed E-state index contributed by atoms with van der Waals surface area (Å²) in [6.07, 6.45) is 0. The van der Waals surface area contributed by atoms with Gasteiger partial charge in [0.15, 0.2) is 0 Å². The molecule has 0 spiro atoms. The van der Waals surface area contributed by atoms with Crippen LogP contribution in [0.15, 0.2) is 67.4 Å². The Balaban J connectivity index is 1.75. The second kappa shape index (κ2) is 14.8. The van der Waals surface area contributed by atoms with E-state index in [1.165, 1.54) is 18.2 Å². The van der Waals surface area contributed by atoms with E-state index >= 15 is 0 Å². The summed E-state index contributed by atoms with van der Waals surface area (Å²) < 4.78 is 106. The van der Waals surface area contributed by atoms with Crippen molar-refractivity contribution >= 4 is 93.4 Å². The maximum atomic E-state index is 12.2. The Morgan fingerprint density at radius 1 is 0.837 bits per heavy atom. The Morgan fingerprint density at radius 3 is 2.14 bits per heavy atom. The number of aliphatic hydroxyl groups excluding tert-OH is 1. The zero-order valence-corrected chi connectivity index (χ0v) is 27.5. The van der Waals surface area contributed by atoms with Crippen molar-refractivity contribution in [3.8, 4) is 0 Å². The minimum absolute atomic E-state index is 0.0427. The normalized spacial score (nSPS) is 12.3. The molecule has 0 aliphatic carbocycles. The van der Waals surface area contributed by atoms with Crippen LogP contribution in [0.4, 0.5) is 39.4 Å². The number of anilines is 4. The molecule has 0 unspecified atom stereocenters. The monoisotopic (exact) mass is 761 g/mol. The molecule has 0 aliphatic rings. The fraction of sp³-hybridized carbons (Fsp3) is 0.167. The first-order valence-corrected chi connectivity index (χ1v) is 17.8. The number of primary amides is 1. The molecule has 4 rings (SSSR count).